The fraction of sp³-hybridized carbons (Fsp3) is 0.867. The molecule has 0 aliphatic heterocycles. The van der Waals surface area contributed by atoms with Crippen LogP contribution >= 0.6 is 0 Å². The van der Waals surface area contributed by atoms with Gasteiger partial charge in [0.25, 0.3) is 0 Å². The standard InChI is InChI=1S/C15H32N4O3/c1-3-7-14(20)18-13(12-22-4-2)15(21)19(10-5-8-16)11-6-9-17/h13H,3-12,16-17H2,1-2H3,(H,18,20)/t13-/m1/s1. The molecular weight excluding hydrogens is 284 g/mol. The molecule has 0 radical (unpaired) electrons. The molecule has 1 atom stereocenters. The van der Waals surface area contributed by atoms with Crippen molar-refractivity contribution in [3.8, 4) is 0 Å². The third-order valence-electron chi connectivity index (χ3n) is 3.18. The van der Waals surface area contributed by atoms with Gasteiger partial charge < -0.3 is 26.4 Å². The lowest BCUT2D eigenvalue weighted by Gasteiger charge is -2.27. The Bertz CT molecular complexity index is 305. The van der Waals surface area contributed by atoms with E-state index in [1.807, 2.05) is 13.8 Å². The van der Waals surface area contributed by atoms with Crippen LogP contribution in [0.15, 0.2) is 0 Å². The van der Waals surface area contributed by atoms with Gasteiger partial charge in [0, 0.05) is 26.1 Å². The summed E-state index contributed by atoms with van der Waals surface area (Å²) in [5.74, 6) is -0.252. The summed E-state index contributed by atoms with van der Waals surface area (Å²) in [5.41, 5.74) is 11.1. The van der Waals surface area contributed by atoms with Crippen LogP contribution in [0.1, 0.15) is 39.5 Å². The Kier molecular flexibility index (Phi) is 12.8. The maximum absolute atomic E-state index is 12.7. The van der Waals surface area contributed by atoms with Gasteiger partial charge in [-0.2, -0.15) is 0 Å². The van der Waals surface area contributed by atoms with E-state index in [4.69, 9.17) is 16.2 Å². The van der Waals surface area contributed by atoms with Gasteiger partial charge in [-0.05, 0) is 39.3 Å². The van der Waals surface area contributed by atoms with Crippen LogP contribution in [-0.2, 0) is 14.3 Å². The van der Waals surface area contributed by atoms with Crippen LogP contribution in [-0.4, -0.2) is 62.1 Å². The van der Waals surface area contributed by atoms with Gasteiger partial charge in [-0.25, -0.2) is 0 Å². The minimum Gasteiger partial charge on any atom is -0.379 e. The molecule has 0 bridgehead atoms. The van der Waals surface area contributed by atoms with Crippen LogP contribution in [0.5, 0.6) is 0 Å². The lowest BCUT2D eigenvalue weighted by atomic mass is 10.2. The van der Waals surface area contributed by atoms with Crippen molar-refractivity contribution in [3.63, 3.8) is 0 Å². The fourth-order valence-electron chi connectivity index (χ4n) is 2.02. The summed E-state index contributed by atoms with van der Waals surface area (Å²) in [5, 5.41) is 2.77. The molecule has 0 saturated carbocycles. The molecule has 0 spiro atoms. The molecule has 0 fully saturated rings. The van der Waals surface area contributed by atoms with Gasteiger partial charge in [-0.1, -0.05) is 6.92 Å². The maximum Gasteiger partial charge on any atom is 0.247 e. The highest BCUT2D eigenvalue weighted by Gasteiger charge is 2.25. The monoisotopic (exact) mass is 316 g/mol. The van der Waals surface area contributed by atoms with Crippen molar-refractivity contribution in [2.45, 2.75) is 45.6 Å². The molecule has 0 heterocycles. The minimum absolute atomic E-state index is 0.125. The van der Waals surface area contributed by atoms with E-state index in [-0.39, 0.29) is 18.4 Å². The summed E-state index contributed by atoms with van der Waals surface area (Å²) in [6.45, 7) is 6.65. The SMILES string of the molecule is CCCC(=O)N[C@H](COCC)C(=O)N(CCCN)CCCN. The predicted molar refractivity (Wildman–Crippen MR) is 87.3 cm³/mol. The molecular formula is C15H32N4O3. The van der Waals surface area contributed by atoms with Crippen LogP contribution in [0.4, 0.5) is 0 Å². The maximum atomic E-state index is 12.7. The van der Waals surface area contributed by atoms with E-state index in [2.05, 4.69) is 5.32 Å². The summed E-state index contributed by atoms with van der Waals surface area (Å²) >= 11 is 0. The Balaban J connectivity index is 4.78. The number of ether oxygens (including phenoxy) is 1. The quantitative estimate of drug-likeness (QED) is 0.437. The number of carbonyl (C=O) groups excluding carboxylic acids is 2. The Morgan fingerprint density at radius 3 is 2.18 bits per heavy atom. The van der Waals surface area contributed by atoms with E-state index < -0.39 is 6.04 Å². The molecule has 5 N–H and O–H groups in total. The summed E-state index contributed by atoms with van der Waals surface area (Å²) in [6, 6.07) is -0.644. The number of nitrogens with one attached hydrogen (secondary N) is 1. The van der Waals surface area contributed by atoms with Crippen molar-refractivity contribution < 1.29 is 14.3 Å². The first kappa shape index (κ1) is 20.8. The number of nitrogens with two attached hydrogens (primary N) is 2. The van der Waals surface area contributed by atoms with E-state index in [0.29, 0.717) is 39.2 Å². The van der Waals surface area contributed by atoms with E-state index >= 15 is 0 Å². The Labute approximate surface area is 133 Å². The van der Waals surface area contributed by atoms with Crippen molar-refractivity contribution in [2.24, 2.45) is 11.5 Å². The molecule has 0 aromatic carbocycles. The van der Waals surface area contributed by atoms with Crippen molar-refractivity contribution in [1.29, 1.82) is 0 Å². The van der Waals surface area contributed by atoms with Crippen LogP contribution in [0, 0.1) is 0 Å². The predicted octanol–water partition coefficient (Wildman–Crippen LogP) is -0.166. The molecule has 0 unspecified atom stereocenters. The second kappa shape index (κ2) is 13.5. The first-order valence-electron chi connectivity index (χ1n) is 8.16. The molecule has 0 aromatic rings. The highest BCUT2D eigenvalue weighted by Crippen LogP contribution is 2.02. The van der Waals surface area contributed by atoms with Crippen molar-refractivity contribution in [3.05, 3.63) is 0 Å². The normalized spacial score (nSPS) is 12.0. The Morgan fingerprint density at radius 2 is 1.73 bits per heavy atom. The topological polar surface area (TPSA) is 111 Å². The minimum atomic E-state index is -0.644. The second-order valence-electron chi connectivity index (χ2n) is 5.14. The van der Waals surface area contributed by atoms with Crippen molar-refractivity contribution in [1.82, 2.24) is 10.2 Å². The molecule has 7 nitrogen and oxygen atoms in total. The zero-order valence-electron chi connectivity index (χ0n) is 14.0. The van der Waals surface area contributed by atoms with E-state index in [1.165, 1.54) is 0 Å². The smallest absolute Gasteiger partial charge is 0.247 e. The van der Waals surface area contributed by atoms with Crippen LogP contribution < -0.4 is 16.8 Å². The molecule has 0 rings (SSSR count). The molecule has 0 aliphatic carbocycles. The number of hydrogen-bond acceptors (Lipinski definition) is 5. The van der Waals surface area contributed by atoms with Gasteiger partial charge in [0.1, 0.15) is 6.04 Å². The fourth-order valence-corrected chi connectivity index (χ4v) is 2.02. The Hall–Kier alpha value is -1.18. The third-order valence-corrected chi connectivity index (χ3v) is 3.18. The average molecular weight is 316 g/mol. The first-order valence-corrected chi connectivity index (χ1v) is 8.16. The third kappa shape index (κ3) is 8.96. The van der Waals surface area contributed by atoms with E-state index in [0.717, 1.165) is 19.3 Å². The largest absolute Gasteiger partial charge is 0.379 e. The summed E-state index contributed by atoms with van der Waals surface area (Å²) < 4.78 is 5.34. The number of carbonyl (C=O) groups is 2. The number of rotatable bonds is 13. The molecule has 130 valence electrons. The van der Waals surface area contributed by atoms with Crippen LogP contribution in [0.25, 0.3) is 0 Å². The zero-order valence-corrected chi connectivity index (χ0v) is 14.0. The van der Waals surface area contributed by atoms with Gasteiger partial charge in [-0.3, -0.25) is 9.59 Å². The number of hydrogen-bond donors (Lipinski definition) is 3. The first-order chi connectivity index (χ1) is 10.6. The van der Waals surface area contributed by atoms with Crippen molar-refractivity contribution in [2.75, 3.05) is 39.4 Å². The summed E-state index contributed by atoms with van der Waals surface area (Å²) in [7, 11) is 0. The Morgan fingerprint density at radius 1 is 1.14 bits per heavy atom. The highest BCUT2D eigenvalue weighted by atomic mass is 16.5. The summed E-state index contributed by atoms with van der Waals surface area (Å²) in [6.07, 6.45) is 2.59. The molecule has 0 aliphatic rings. The van der Waals surface area contributed by atoms with Gasteiger partial charge in [0.15, 0.2) is 0 Å². The van der Waals surface area contributed by atoms with E-state index in [1.54, 1.807) is 4.90 Å². The lowest BCUT2D eigenvalue weighted by molar-refractivity contribution is -0.138. The zero-order chi connectivity index (χ0) is 16.8. The number of nitrogens with zero attached hydrogens (tertiary/aromatic N) is 1. The second-order valence-corrected chi connectivity index (χ2v) is 5.14. The van der Waals surface area contributed by atoms with Crippen molar-refractivity contribution >= 4 is 11.8 Å². The van der Waals surface area contributed by atoms with Gasteiger partial charge in [-0.15, -0.1) is 0 Å². The van der Waals surface area contributed by atoms with Crippen LogP contribution in [0.2, 0.25) is 0 Å². The molecule has 22 heavy (non-hydrogen) atoms. The molecule has 7 heteroatoms. The molecule has 0 aromatic heterocycles. The molecule has 2 amide bonds. The number of amides is 2. The van der Waals surface area contributed by atoms with E-state index in [9.17, 15) is 9.59 Å². The van der Waals surface area contributed by atoms with Gasteiger partial charge in [0.05, 0.1) is 6.61 Å². The molecule has 0 saturated heterocycles. The van der Waals surface area contributed by atoms with Crippen LogP contribution in [0.3, 0.4) is 0 Å². The van der Waals surface area contributed by atoms with Gasteiger partial charge in [0.2, 0.25) is 11.8 Å². The lowest BCUT2D eigenvalue weighted by Crippen LogP contribution is -2.51. The van der Waals surface area contributed by atoms with Gasteiger partial charge >= 0.3 is 0 Å². The average Bonchev–Trinajstić information content (AvgIpc) is 2.51. The highest BCUT2D eigenvalue weighted by molar-refractivity contribution is 5.87. The summed E-state index contributed by atoms with van der Waals surface area (Å²) in [4.78, 5) is 26.2.